The molecule has 0 saturated heterocycles. The van der Waals surface area contributed by atoms with Crippen molar-refractivity contribution in [3.05, 3.63) is 59.8 Å². The maximum Gasteiger partial charge on any atom is 0.213 e. The lowest BCUT2D eigenvalue weighted by atomic mass is 10.0. The van der Waals surface area contributed by atoms with Crippen molar-refractivity contribution < 1.29 is 14.3 Å². The molecule has 3 aromatic rings. The van der Waals surface area contributed by atoms with Crippen LogP contribution in [-0.2, 0) is 0 Å². The Morgan fingerprint density at radius 2 is 2.00 bits per heavy atom. The lowest BCUT2D eigenvalue weighted by Crippen LogP contribution is -2.31. The minimum atomic E-state index is 0.157. The van der Waals surface area contributed by atoms with E-state index in [1.807, 2.05) is 42.6 Å². The second kappa shape index (κ2) is 8.19. The molecule has 1 fully saturated rings. The number of hydrogen-bond donors (Lipinski definition) is 1. The Bertz CT molecular complexity index is 1130. The summed E-state index contributed by atoms with van der Waals surface area (Å²) in [7, 11) is 3.28. The molecule has 6 heteroatoms. The number of nitrogens with one attached hydrogen (secondary N) is 1. The van der Waals surface area contributed by atoms with Crippen molar-refractivity contribution in [2.24, 2.45) is 11.8 Å². The second-order valence-corrected chi connectivity index (χ2v) is 8.39. The largest absolute Gasteiger partial charge is 0.497 e. The van der Waals surface area contributed by atoms with Crippen LogP contribution in [0, 0.1) is 11.8 Å². The Morgan fingerprint density at radius 3 is 2.71 bits per heavy atom. The van der Waals surface area contributed by atoms with Gasteiger partial charge in [-0.15, -0.1) is 0 Å². The van der Waals surface area contributed by atoms with Gasteiger partial charge in [0.05, 0.1) is 25.3 Å². The highest BCUT2D eigenvalue weighted by molar-refractivity contribution is 5.99. The first-order chi connectivity index (χ1) is 15.2. The molecular weight excluding hydrogens is 390 g/mol. The van der Waals surface area contributed by atoms with Crippen molar-refractivity contribution in [1.29, 1.82) is 0 Å². The number of aromatic amines is 1. The molecule has 3 heterocycles. The number of rotatable bonds is 7. The van der Waals surface area contributed by atoms with E-state index in [1.54, 1.807) is 14.2 Å². The molecule has 5 rings (SSSR count). The summed E-state index contributed by atoms with van der Waals surface area (Å²) in [5.41, 5.74) is 5.26. The average Bonchev–Trinajstić information content (AvgIpc) is 3.46. The van der Waals surface area contributed by atoms with Crippen molar-refractivity contribution >= 4 is 22.4 Å². The molecule has 2 aliphatic rings. The third-order valence-corrected chi connectivity index (χ3v) is 6.47. The van der Waals surface area contributed by atoms with Gasteiger partial charge in [0.2, 0.25) is 5.88 Å². The molecule has 0 radical (unpaired) electrons. The number of ether oxygens (including phenoxy) is 2. The number of hydrogen-bond acceptors (Lipinski definition) is 5. The number of carbonyl (C=O) groups is 1. The van der Waals surface area contributed by atoms with E-state index in [4.69, 9.17) is 9.47 Å². The van der Waals surface area contributed by atoms with Crippen molar-refractivity contribution in [2.75, 3.05) is 33.9 Å². The average molecular weight is 418 g/mol. The number of ketones is 1. The van der Waals surface area contributed by atoms with Gasteiger partial charge in [0.1, 0.15) is 5.75 Å². The first-order valence-corrected chi connectivity index (χ1v) is 10.8. The first-order valence-electron chi connectivity index (χ1n) is 10.8. The SMILES string of the molecule is COc1ccc(C(=O)[C@H]2C[C@@H]2CN2CC=C(c3c[nH]c4ccc(OC)nc34)CC2)cc1. The van der Waals surface area contributed by atoms with Gasteiger partial charge in [0.15, 0.2) is 5.78 Å². The zero-order valence-corrected chi connectivity index (χ0v) is 17.9. The number of methoxy groups -OCH3 is 2. The summed E-state index contributed by atoms with van der Waals surface area (Å²) in [6.45, 7) is 2.89. The lowest BCUT2D eigenvalue weighted by molar-refractivity contribution is 0.0957. The molecule has 6 nitrogen and oxygen atoms in total. The van der Waals surface area contributed by atoms with Crippen LogP contribution < -0.4 is 9.47 Å². The number of benzene rings is 1. The number of fused-ring (bicyclic) bond motifs is 1. The Labute approximate surface area is 181 Å². The number of carbonyl (C=O) groups excluding carboxylic acids is 1. The highest BCUT2D eigenvalue weighted by atomic mass is 16.5. The topological polar surface area (TPSA) is 67.5 Å². The summed E-state index contributed by atoms with van der Waals surface area (Å²) in [5.74, 6) is 2.30. The molecule has 1 aliphatic heterocycles. The van der Waals surface area contributed by atoms with E-state index in [0.29, 0.717) is 11.8 Å². The van der Waals surface area contributed by atoms with Gasteiger partial charge in [-0.25, -0.2) is 4.98 Å². The second-order valence-electron chi connectivity index (χ2n) is 8.39. The molecule has 0 bridgehead atoms. The Balaban J connectivity index is 1.20. The number of pyridine rings is 1. The molecule has 1 aliphatic carbocycles. The molecule has 31 heavy (non-hydrogen) atoms. The van der Waals surface area contributed by atoms with Gasteiger partial charge in [-0.3, -0.25) is 9.69 Å². The molecule has 2 aromatic heterocycles. The minimum Gasteiger partial charge on any atom is -0.497 e. The van der Waals surface area contributed by atoms with Crippen LogP contribution in [0.3, 0.4) is 0 Å². The zero-order valence-electron chi connectivity index (χ0n) is 17.9. The predicted octanol–water partition coefficient (Wildman–Crippen LogP) is 4.19. The molecular formula is C25H27N3O3. The van der Waals surface area contributed by atoms with Crippen LogP contribution in [0.25, 0.3) is 16.6 Å². The van der Waals surface area contributed by atoms with E-state index in [2.05, 4.69) is 20.9 Å². The van der Waals surface area contributed by atoms with E-state index in [1.165, 1.54) is 5.57 Å². The standard InChI is InChI=1S/C25H27N3O3/c1-30-19-5-3-17(4-6-19)25(29)20-13-18(20)15-28-11-9-16(10-12-28)21-14-26-22-7-8-23(31-2)27-24(21)22/h3-9,14,18,20,26H,10-13,15H2,1-2H3/t18-,20+/m1/s1. The first kappa shape index (κ1) is 19.8. The van der Waals surface area contributed by atoms with Gasteiger partial charge in [-0.05, 0) is 54.7 Å². The number of aromatic nitrogens is 2. The van der Waals surface area contributed by atoms with Crippen LogP contribution in [0.4, 0.5) is 0 Å². The normalized spacial score (nSPS) is 21.0. The Morgan fingerprint density at radius 1 is 1.16 bits per heavy atom. The van der Waals surface area contributed by atoms with Crippen molar-refractivity contribution in [2.45, 2.75) is 12.8 Å². The maximum atomic E-state index is 12.8. The summed E-state index contributed by atoms with van der Waals surface area (Å²) >= 11 is 0. The lowest BCUT2D eigenvalue weighted by Gasteiger charge is -2.26. The quantitative estimate of drug-likeness (QED) is 0.584. The summed E-state index contributed by atoms with van der Waals surface area (Å²) in [6, 6.07) is 11.3. The van der Waals surface area contributed by atoms with Crippen LogP contribution in [0.1, 0.15) is 28.8 Å². The number of Topliss-reactive ketones (excluding diaryl/α,β-unsaturated/α-hetero) is 1. The van der Waals surface area contributed by atoms with E-state index in [9.17, 15) is 4.79 Å². The van der Waals surface area contributed by atoms with Gasteiger partial charge in [-0.1, -0.05) is 6.08 Å². The van der Waals surface area contributed by atoms with Gasteiger partial charge in [-0.2, -0.15) is 0 Å². The molecule has 160 valence electrons. The van der Waals surface area contributed by atoms with Crippen molar-refractivity contribution in [3.8, 4) is 11.6 Å². The summed E-state index contributed by atoms with van der Waals surface area (Å²) in [4.78, 5) is 23.1. The monoisotopic (exact) mass is 417 g/mol. The third kappa shape index (κ3) is 3.95. The van der Waals surface area contributed by atoms with E-state index >= 15 is 0 Å². The maximum absolute atomic E-state index is 12.8. The van der Waals surface area contributed by atoms with E-state index in [-0.39, 0.29) is 11.7 Å². The molecule has 1 aromatic carbocycles. The van der Waals surface area contributed by atoms with Gasteiger partial charge < -0.3 is 14.5 Å². The van der Waals surface area contributed by atoms with Gasteiger partial charge in [0.25, 0.3) is 0 Å². The fourth-order valence-electron chi connectivity index (χ4n) is 4.53. The molecule has 0 spiro atoms. The van der Waals surface area contributed by atoms with Crippen LogP contribution in [0.2, 0.25) is 0 Å². The summed E-state index contributed by atoms with van der Waals surface area (Å²) < 4.78 is 10.5. The van der Waals surface area contributed by atoms with Crippen LogP contribution >= 0.6 is 0 Å². The smallest absolute Gasteiger partial charge is 0.213 e. The van der Waals surface area contributed by atoms with E-state index in [0.717, 1.165) is 60.4 Å². The van der Waals surface area contributed by atoms with E-state index < -0.39 is 0 Å². The van der Waals surface area contributed by atoms with Crippen LogP contribution in [-0.4, -0.2) is 54.5 Å². The fourth-order valence-corrected chi connectivity index (χ4v) is 4.53. The molecule has 0 unspecified atom stereocenters. The van der Waals surface area contributed by atoms with Crippen molar-refractivity contribution in [3.63, 3.8) is 0 Å². The number of nitrogens with zero attached hydrogens (tertiary/aromatic N) is 2. The zero-order chi connectivity index (χ0) is 21.4. The Hall–Kier alpha value is -3.12. The molecule has 2 atom stereocenters. The fraction of sp³-hybridized carbons (Fsp3) is 0.360. The predicted molar refractivity (Wildman–Crippen MR) is 121 cm³/mol. The minimum absolute atomic E-state index is 0.157. The highest BCUT2D eigenvalue weighted by Crippen LogP contribution is 2.42. The summed E-state index contributed by atoms with van der Waals surface area (Å²) in [6.07, 6.45) is 6.32. The van der Waals surface area contributed by atoms with Crippen LogP contribution in [0.15, 0.2) is 48.7 Å². The van der Waals surface area contributed by atoms with Crippen molar-refractivity contribution in [1.82, 2.24) is 14.9 Å². The Kier molecular flexibility index (Phi) is 5.24. The molecule has 1 saturated carbocycles. The van der Waals surface area contributed by atoms with Crippen LogP contribution in [0.5, 0.6) is 11.6 Å². The number of H-pyrrole nitrogens is 1. The van der Waals surface area contributed by atoms with Gasteiger partial charge in [0, 0.05) is 48.9 Å². The third-order valence-electron chi connectivity index (χ3n) is 6.47. The summed E-state index contributed by atoms with van der Waals surface area (Å²) in [5, 5.41) is 0. The molecule has 0 amide bonds. The molecule has 1 N–H and O–H groups in total. The van der Waals surface area contributed by atoms with Gasteiger partial charge >= 0.3 is 0 Å². The highest BCUT2D eigenvalue weighted by Gasteiger charge is 2.43.